The van der Waals surface area contributed by atoms with Crippen LogP contribution in [0, 0.1) is 5.92 Å². The van der Waals surface area contributed by atoms with E-state index < -0.39 is 10.0 Å². The fraction of sp³-hybridized carbons (Fsp3) is 0.652. The van der Waals surface area contributed by atoms with Gasteiger partial charge >= 0.3 is 0 Å². The first kappa shape index (κ1) is 23.2. The molecule has 2 heterocycles. The third-order valence-corrected chi connectivity index (χ3v) is 8.05. The average Bonchev–Trinajstić information content (AvgIpc) is 3.56. The van der Waals surface area contributed by atoms with Crippen LogP contribution in [-0.4, -0.2) is 72.0 Å². The van der Waals surface area contributed by atoms with Crippen molar-refractivity contribution in [3.05, 3.63) is 24.0 Å². The van der Waals surface area contributed by atoms with Crippen LogP contribution in [0.1, 0.15) is 45.9 Å². The highest BCUT2D eigenvalue weighted by atomic mass is 32.2. The summed E-state index contributed by atoms with van der Waals surface area (Å²) in [5.41, 5.74) is 1.56. The number of carbonyl (C=O) groups excluding carboxylic acids is 1. The van der Waals surface area contributed by atoms with Gasteiger partial charge in [0.15, 0.2) is 0 Å². The van der Waals surface area contributed by atoms with E-state index >= 15 is 0 Å². The number of nitrogens with zero attached hydrogens (tertiary/aromatic N) is 4. The molecule has 2 aliphatic rings. The van der Waals surface area contributed by atoms with Crippen LogP contribution in [0.5, 0.6) is 0 Å². The van der Waals surface area contributed by atoms with Crippen molar-refractivity contribution < 1.29 is 17.9 Å². The highest BCUT2D eigenvalue weighted by Crippen LogP contribution is 2.29. The Labute approximate surface area is 190 Å². The summed E-state index contributed by atoms with van der Waals surface area (Å²) in [6, 6.07) is 5.56. The molecule has 32 heavy (non-hydrogen) atoms. The topological polar surface area (TPSA) is 84.7 Å². The lowest BCUT2D eigenvalue weighted by Crippen LogP contribution is -2.40. The maximum Gasteiger partial charge on any atom is 0.243 e. The standard InChI is InChI=1S/C23H34N4O4S/c1-4-26-21-8-7-19(32(29,30)25-11-13-31-14-12-25)15-20(21)24-22(26)9-10-23(28)27(16-17(2)3)18-5-6-18/h7-8,15,17-18H,4-6,9-14,16H2,1-3H3. The normalized spacial score (nSPS) is 17.9. The van der Waals surface area contributed by atoms with E-state index in [0.29, 0.717) is 63.2 Å². The molecule has 0 unspecified atom stereocenters. The van der Waals surface area contributed by atoms with Gasteiger partial charge in [-0.15, -0.1) is 0 Å². The van der Waals surface area contributed by atoms with Crippen LogP contribution < -0.4 is 0 Å². The minimum Gasteiger partial charge on any atom is -0.379 e. The Balaban J connectivity index is 1.54. The van der Waals surface area contributed by atoms with E-state index in [1.54, 1.807) is 12.1 Å². The predicted molar refractivity (Wildman–Crippen MR) is 123 cm³/mol. The zero-order valence-electron chi connectivity index (χ0n) is 19.3. The van der Waals surface area contributed by atoms with Gasteiger partial charge in [0.2, 0.25) is 15.9 Å². The van der Waals surface area contributed by atoms with Gasteiger partial charge in [0, 0.05) is 45.1 Å². The molecule has 4 rings (SSSR count). The number of carbonyl (C=O) groups is 1. The number of hydrogen-bond donors (Lipinski definition) is 0. The van der Waals surface area contributed by atoms with Crippen molar-refractivity contribution in [1.82, 2.24) is 18.8 Å². The molecule has 9 heteroatoms. The van der Waals surface area contributed by atoms with Crippen molar-refractivity contribution in [1.29, 1.82) is 0 Å². The predicted octanol–water partition coefficient (Wildman–Crippen LogP) is 2.66. The first-order chi connectivity index (χ1) is 15.3. The van der Waals surface area contributed by atoms with Gasteiger partial charge in [-0.1, -0.05) is 13.8 Å². The highest BCUT2D eigenvalue weighted by molar-refractivity contribution is 7.89. The SMILES string of the molecule is CCn1c(CCC(=O)N(CC(C)C)C2CC2)nc2cc(S(=O)(=O)N3CCOCC3)ccc21. The van der Waals surface area contributed by atoms with Crippen molar-refractivity contribution in [2.45, 2.75) is 63.9 Å². The molecule has 0 radical (unpaired) electrons. The van der Waals surface area contributed by atoms with Crippen molar-refractivity contribution in [2.24, 2.45) is 5.92 Å². The number of aromatic nitrogens is 2. The van der Waals surface area contributed by atoms with Crippen LogP contribution in [0.3, 0.4) is 0 Å². The van der Waals surface area contributed by atoms with Crippen molar-refractivity contribution in [3.8, 4) is 0 Å². The van der Waals surface area contributed by atoms with Gasteiger partial charge in [-0.25, -0.2) is 13.4 Å². The Morgan fingerprint density at radius 2 is 1.97 bits per heavy atom. The van der Waals surface area contributed by atoms with Gasteiger partial charge in [-0.05, 0) is 43.9 Å². The lowest BCUT2D eigenvalue weighted by molar-refractivity contribution is -0.132. The Bertz CT molecular complexity index is 1070. The molecular weight excluding hydrogens is 428 g/mol. The van der Waals surface area contributed by atoms with E-state index in [0.717, 1.165) is 30.7 Å². The van der Waals surface area contributed by atoms with E-state index in [2.05, 4.69) is 18.4 Å². The number of morpholine rings is 1. The molecule has 0 N–H and O–H groups in total. The molecule has 1 saturated carbocycles. The quantitative estimate of drug-likeness (QED) is 0.572. The number of fused-ring (bicyclic) bond motifs is 1. The molecule has 8 nitrogen and oxygen atoms in total. The Morgan fingerprint density at radius 3 is 2.59 bits per heavy atom. The first-order valence-electron chi connectivity index (χ1n) is 11.7. The second-order valence-corrected chi connectivity index (χ2v) is 11.0. The molecule has 1 saturated heterocycles. The zero-order valence-corrected chi connectivity index (χ0v) is 20.1. The van der Waals surface area contributed by atoms with Crippen molar-refractivity contribution in [2.75, 3.05) is 32.8 Å². The Kier molecular flexibility index (Phi) is 6.88. The summed E-state index contributed by atoms with van der Waals surface area (Å²) in [5, 5.41) is 0. The Morgan fingerprint density at radius 1 is 1.25 bits per heavy atom. The van der Waals surface area contributed by atoms with Crippen molar-refractivity contribution >= 4 is 27.0 Å². The number of hydrogen-bond acceptors (Lipinski definition) is 5. The summed E-state index contributed by atoms with van der Waals surface area (Å²) < 4.78 is 34.9. The molecule has 0 spiro atoms. The molecule has 2 aromatic rings. The molecular formula is C23H34N4O4S. The molecule has 0 bridgehead atoms. The lowest BCUT2D eigenvalue weighted by atomic mass is 10.2. The monoisotopic (exact) mass is 462 g/mol. The molecule has 1 amide bonds. The molecule has 2 fully saturated rings. The van der Waals surface area contributed by atoms with Gasteiger partial charge in [0.05, 0.1) is 29.1 Å². The van der Waals surface area contributed by atoms with Crippen LogP contribution in [0.4, 0.5) is 0 Å². The summed E-state index contributed by atoms with van der Waals surface area (Å²) in [5.74, 6) is 1.47. The molecule has 176 valence electrons. The summed E-state index contributed by atoms with van der Waals surface area (Å²) in [4.78, 5) is 19.9. The van der Waals surface area contributed by atoms with Gasteiger partial charge in [-0.3, -0.25) is 4.79 Å². The van der Waals surface area contributed by atoms with E-state index in [1.165, 1.54) is 4.31 Å². The second kappa shape index (κ2) is 9.49. The van der Waals surface area contributed by atoms with Crippen LogP contribution >= 0.6 is 0 Å². The number of ether oxygens (including phenoxy) is 1. The number of sulfonamides is 1. The first-order valence-corrected chi connectivity index (χ1v) is 13.1. The molecule has 1 aliphatic carbocycles. The fourth-order valence-corrected chi connectivity index (χ4v) is 5.82. The van der Waals surface area contributed by atoms with Gasteiger partial charge in [-0.2, -0.15) is 4.31 Å². The Hall–Kier alpha value is -1.97. The summed E-state index contributed by atoms with van der Waals surface area (Å²) in [6.45, 7) is 9.40. The summed E-state index contributed by atoms with van der Waals surface area (Å²) in [7, 11) is -3.57. The molecule has 1 aliphatic heterocycles. The second-order valence-electron chi connectivity index (χ2n) is 9.11. The van der Waals surface area contributed by atoms with Gasteiger partial charge in [0.25, 0.3) is 0 Å². The fourth-order valence-electron chi connectivity index (χ4n) is 4.40. The number of imidazole rings is 1. The van der Waals surface area contributed by atoms with E-state index in [1.807, 2.05) is 17.9 Å². The lowest BCUT2D eigenvalue weighted by Gasteiger charge is -2.26. The number of aryl methyl sites for hydroxylation is 2. The molecule has 0 atom stereocenters. The zero-order chi connectivity index (χ0) is 22.9. The average molecular weight is 463 g/mol. The van der Waals surface area contributed by atoms with Crippen molar-refractivity contribution in [3.63, 3.8) is 0 Å². The van der Waals surface area contributed by atoms with Crippen LogP contribution in [0.15, 0.2) is 23.1 Å². The molecule has 1 aromatic carbocycles. The van der Waals surface area contributed by atoms with Crippen LogP contribution in [0.2, 0.25) is 0 Å². The smallest absolute Gasteiger partial charge is 0.243 e. The van der Waals surface area contributed by atoms with Crippen LogP contribution in [0.25, 0.3) is 11.0 Å². The number of rotatable bonds is 9. The van der Waals surface area contributed by atoms with E-state index in [9.17, 15) is 13.2 Å². The summed E-state index contributed by atoms with van der Waals surface area (Å²) in [6.07, 6.45) is 3.18. The third-order valence-electron chi connectivity index (χ3n) is 6.16. The van der Waals surface area contributed by atoms with Gasteiger partial charge in [0.1, 0.15) is 5.82 Å². The van der Waals surface area contributed by atoms with E-state index in [-0.39, 0.29) is 10.8 Å². The maximum atomic E-state index is 13.0. The largest absolute Gasteiger partial charge is 0.379 e. The maximum absolute atomic E-state index is 13.0. The third kappa shape index (κ3) is 4.84. The molecule has 1 aromatic heterocycles. The minimum absolute atomic E-state index is 0.187. The van der Waals surface area contributed by atoms with Gasteiger partial charge < -0.3 is 14.2 Å². The van der Waals surface area contributed by atoms with Crippen LogP contribution in [-0.2, 0) is 32.5 Å². The number of benzene rings is 1. The highest BCUT2D eigenvalue weighted by Gasteiger charge is 2.32. The minimum atomic E-state index is -3.57. The summed E-state index contributed by atoms with van der Waals surface area (Å²) >= 11 is 0. The number of amides is 1. The van der Waals surface area contributed by atoms with E-state index in [4.69, 9.17) is 9.72 Å².